The summed E-state index contributed by atoms with van der Waals surface area (Å²) < 4.78 is 21.0. The van der Waals surface area contributed by atoms with Crippen LogP contribution in [0.25, 0.3) is 0 Å². The molecule has 16 heavy (non-hydrogen) atoms. The van der Waals surface area contributed by atoms with Crippen molar-refractivity contribution in [3.63, 3.8) is 0 Å². The monoisotopic (exact) mass is 284 g/mol. The van der Waals surface area contributed by atoms with Gasteiger partial charge in [-0.05, 0) is 28.1 Å². The van der Waals surface area contributed by atoms with Crippen LogP contribution in [0.1, 0.15) is 5.82 Å². The fourth-order valence-corrected chi connectivity index (χ4v) is 1.57. The number of aromatic nitrogens is 2. The first-order valence-corrected chi connectivity index (χ1v) is 5.50. The predicted octanol–water partition coefficient (Wildman–Crippen LogP) is 2.90. The first-order valence-electron chi connectivity index (χ1n) is 4.71. The minimum Gasteiger partial charge on any atom is -0.486 e. The number of rotatable bonds is 3. The average molecular weight is 285 g/mol. The maximum atomic E-state index is 12.9. The highest BCUT2D eigenvalue weighted by atomic mass is 79.9. The van der Waals surface area contributed by atoms with E-state index in [2.05, 4.69) is 20.9 Å². The SMILES string of the molecule is Cn1c(Br)cnc1COc1cccc(F)c1. The van der Waals surface area contributed by atoms with E-state index in [0.29, 0.717) is 12.4 Å². The molecule has 1 aromatic carbocycles. The third kappa shape index (κ3) is 2.41. The van der Waals surface area contributed by atoms with Crippen molar-refractivity contribution in [2.75, 3.05) is 0 Å². The molecule has 0 atom stereocenters. The standard InChI is InChI=1S/C11H10BrFN2O/c1-15-10(12)6-14-11(15)7-16-9-4-2-3-8(13)5-9/h2-6H,7H2,1H3. The Balaban J connectivity index is 2.05. The van der Waals surface area contributed by atoms with E-state index in [0.717, 1.165) is 10.4 Å². The van der Waals surface area contributed by atoms with Gasteiger partial charge in [0.1, 0.15) is 28.6 Å². The molecule has 0 spiro atoms. The van der Waals surface area contributed by atoms with Crippen LogP contribution in [-0.2, 0) is 13.7 Å². The molecular weight excluding hydrogens is 275 g/mol. The number of hydrogen-bond donors (Lipinski definition) is 0. The first-order chi connectivity index (χ1) is 7.66. The van der Waals surface area contributed by atoms with Gasteiger partial charge < -0.3 is 9.30 Å². The molecule has 0 fully saturated rings. The third-order valence-corrected chi connectivity index (χ3v) is 2.93. The molecule has 0 amide bonds. The number of nitrogens with zero attached hydrogens (tertiary/aromatic N) is 2. The molecule has 0 aliphatic carbocycles. The molecule has 0 saturated heterocycles. The fraction of sp³-hybridized carbons (Fsp3) is 0.182. The van der Waals surface area contributed by atoms with Gasteiger partial charge in [0.15, 0.2) is 0 Å². The Labute approximate surface area is 101 Å². The van der Waals surface area contributed by atoms with Crippen molar-refractivity contribution >= 4 is 15.9 Å². The summed E-state index contributed by atoms with van der Waals surface area (Å²) in [4.78, 5) is 4.15. The predicted molar refractivity (Wildman–Crippen MR) is 61.6 cm³/mol. The average Bonchev–Trinajstić information content (AvgIpc) is 2.57. The molecule has 1 heterocycles. The summed E-state index contributed by atoms with van der Waals surface area (Å²) in [7, 11) is 1.88. The van der Waals surface area contributed by atoms with E-state index in [9.17, 15) is 4.39 Å². The molecule has 0 radical (unpaired) electrons. The lowest BCUT2D eigenvalue weighted by Gasteiger charge is -2.06. The highest BCUT2D eigenvalue weighted by Gasteiger charge is 2.04. The van der Waals surface area contributed by atoms with Crippen molar-refractivity contribution in [3.05, 3.63) is 46.7 Å². The molecule has 3 nitrogen and oxygen atoms in total. The molecule has 0 unspecified atom stereocenters. The van der Waals surface area contributed by atoms with Crippen LogP contribution in [0.15, 0.2) is 35.1 Å². The Morgan fingerprint density at radius 1 is 1.50 bits per heavy atom. The van der Waals surface area contributed by atoms with Gasteiger partial charge in [-0.2, -0.15) is 0 Å². The van der Waals surface area contributed by atoms with E-state index in [4.69, 9.17) is 4.74 Å². The summed E-state index contributed by atoms with van der Waals surface area (Å²) in [6.07, 6.45) is 1.70. The lowest BCUT2D eigenvalue weighted by Crippen LogP contribution is -2.03. The van der Waals surface area contributed by atoms with E-state index >= 15 is 0 Å². The van der Waals surface area contributed by atoms with Gasteiger partial charge in [-0.3, -0.25) is 0 Å². The smallest absolute Gasteiger partial charge is 0.147 e. The highest BCUT2D eigenvalue weighted by Crippen LogP contribution is 2.15. The van der Waals surface area contributed by atoms with Crippen LogP contribution in [-0.4, -0.2) is 9.55 Å². The van der Waals surface area contributed by atoms with Crippen molar-refractivity contribution < 1.29 is 9.13 Å². The van der Waals surface area contributed by atoms with Gasteiger partial charge in [-0.15, -0.1) is 0 Å². The van der Waals surface area contributed by atoms with Crippen LogP contribution in [0.5, 0.6) is 5.75 Å². The van der Waals surface area contributed by atoms with E-state index in [1.807, 2.05) is 11.6 Å². The summed E-state index contributed by atoms with van der Waals surface area (Å²) >= 11 is 3.34. The molecule has 2 aromatic rings. The van der Waals surface area contributed by atoms with Crippen LogP contribution in [0.3, 0.4) is 0 Å². The molecule has 84 valence electrons. The second-order valence-electron chi connectivity index (χ2n) is 3.30. The van der Waals surface area contributed by atoms with E-state index < -0.39 is 0 Å². The lowest BCUT2D eigenvalue weighted by molar-refractivity contribution is 0.290. The Morgan fingerprint density at radius 3 is 2.94 bits per heavy atom. The van der Waals surface area contributed by atoms with Gasteiger partial charge in [0, 0.05) is 13.1 Å². The third-order valence-electron chi connectivity index (χ3n) is 2.19. The van der Waals surface area contributed by atoms with Crippen molar-refractivity contribution in [3.8, 4) is 5.75 Å². The van der Waals surface area contributed by atoms with Crippen molar-refractivity contribution in [2.24, 2.45) is 7.05 Å². The quantitative estimate of drug-likeness (QED) is 0.867. The van der Waals surface area contributed by atoms with Gasteiger partial charge in [0.25, 0.3) is 0 Å². The summed E-state index contributed by atoms with van der Waals surface area (Å²) in [5, 5.41) is 0. The second kappa shape index (κ2) is 4.65. The summed E-state index contributed by atoms with van der Waals surface area (Å²) in [6, 6.07) is 6.04. The highest BCUT2D eigenvalue weighted by molar-refractivity contribution is 9.10. The van der Waals surface area contributed by atoms with Crippen molar-refractivity contribution in [2.45, 2.75) is 6.61 Å². The van der Waals surface area contributed by atoms with Crippen molar-refractivity contribution in [1.82, 2.24) is 9.55 Å². The number of ether oxygens (including phenoxy) is 1. The van der Waals surface area contributed by atoms with E-state index in [1.165, 1.54) is 12.1 Å². The largest absolute Gasteiger partial charge is 0.486 e. The van der Waals surface area contributed by atoms with Crippen LogP contribution in [0, 0.1) is 5.82 Å². The molecular formula is C11H10BrFN2O. The summed E-state index contributed by atoms with van der Waals surface area (Å²) in [5.41, 5.74) is 0. The zero-order valence-corrected chi connectivity index (χ0v) is 10.2. The topological polar surface area (TPSA) is 27.1 Å². The number of hydrogen-bond acceptors (Lipinski definition) is 2. The van der Waals surface area contributed by atoms with Crippen LogP contribution in [0.2, 0.25) is 0 Å². The van der Waals surface area contributed by atoms with Gasteiger partial charge in [0.2, 0.25) is 0 Å². The molecule has 0 saturated carbocycles. The van der Waals surface area contributed by atoms with E-state index in [-0.39, 0.29) is 5.82 Å². The van der Waals surface area contributed by atoms with Crippen LogP contribution < -0.4 is 4.74 Å². The maximum Gasteiger partial charge on any atom is 0.147 e. The molecule has 0 N–H and O–H groups in total. The number of benzene rings is 1. The Morgan fingerprint density at radius 2 is 2.31 bits per heavy atom. The van der Waals surface area contributed by atoms with Crippen molar-refractivity contribution in [1.29, 1.82) is 0 Å². The molecule has 0 bridgehead atoms. The zero-order valence-electron chi connectivity index (χ0n) is 8.65. The molecule has 1 aromatic heterocycles. The summed E-state index contributed by atoms with van der Waals surface area (Å²) in [6.45, 7) is 0.311. The lowest BCUT2D eigenvalue weighted by atomic mass is 10.3. The van der Waals surface area contributed by atoms with Crippen LogP contribution in [0.4, 0.5) is 4.39 Å². The van der Waals surface area contributed by atoms with Gasteiger partial charge in [0.05, 0.1) is 6.20 Å². The minimum atomic E-state index is -0.307. The Hall–Kier alpha value is -1.36. The first kappa shape index (κ1) is 11.1. The molecule has 2 rings (SSSR count). The maximum absolute atomic E-state index is 12.9. The van der Waals surface area contributed by atoms with Crippen LogP contribution >= 0.6 is 15.9 Å². The summed E-state index contributed by atoms with van der Waals surface area (Å²) in [5.74, 6) is 0.966. The van der Waals surface area contributed by atoms with Gasteiger partial charge in [-0.25, -0.2) is 9.37 Å². The zero-order chi connectivity index (χ0) is 11.5. The Bertz CT molecular complexity index is 498. The van der Waals surface area contributed by atoms with Gasteiger partial charge in [-0.1, -0.05) is 6.07 Å². The Kier molecular flexibility index (Phi) is 3.24. The molecule has 0 aliphatic heterocycles. The second-order valence-corrected chi connectivity index (χ2v) is 4.11. The molecule has 5 heteroatoms. The number of halogens is 2. The number of imidazole rings is 1. The molecule has 0 aliphatic rings. The van der Waals surface area contributed by atoms with E-state index in [1.54, 1.807) is 18.3 Å². The minimum absolute atomic E-state index is 0.307. The van der Waals surface area contributed by atoms with Gasteiger partial charge >= 0.3 is 0 Å². The fourth-order valence-electron chi connectivity index (χ4n) is 1.26. The normalized spacial score (nSPS) is 10.4.